The van der Waals surface area contributed by atoms with Crippen molar-refractivity contribution in [3.05, 3.63) is 0 Å². The van der Waals surface area contributed by atoms with E-state index in [1.165, 1.54) is 0 Å². The van der Waals surface area contributed by atoms with Crippen LogP contribution < -0.4 is 0 Å². The molecule has 0 aliphatic heterocycles. The van der Waals surface area contributed by atoms with Gasteiger partial charge in [-0.15, -0.1) is 11.6 Å². The Morgan fingerprint density at radius 3 is 2.45 bits per heavy atom. The molecule has 3 nitrogen and oxygen atoms in total. The minimum atomic E-state index is -2.73. The molecule has 2 atom stereocenters. The van der Waals surface area contributed by atoms with E-state index in [1.54, 1.807) is 0 Å². The molecule has 0 N–H and O–H groups in total. The van der Waals surface area contributed by atoms with Crippen LogP contribution in [0.4, 0.5) is 0 Å². The SMILES string of the molecule is O=P(=O)OC1CCCCC1Cl. The molecular formula is C6H10ClO3P. The van der Waals surface area contributed by atoms with Crippen LogP contribution in [-0.2, 0) is 13.7 Å². The van der Waals surface area contributed by atoms with Crippen molar-refractivity contribution < 1.29 is 13.7 Å². The first-order valence-corrected chi connectivity index (χ1v) is 5.18. The summed E-state index contributed by atoms with van der Waals surface area (Å²) in [5, 5.41) is -0.128. The summed E-state index contributed by atoms with van der Waals surface area (Å²) in [6.07, 6.45) is 3.42. The molecule has 0 aromatic heterocycles. The molecule has 1 rings (SSSR count). The van der Waals surface area contributed by atoms with Crippen molar-refractivity contribution in [2.75, 3.05) is 0 Å². The van der Waals surface area contributed by atoms with Crippen LogP contribution in [0.3, 0.4) is 0 Å². The zero-order valence-corrected chi connectivity index (χ0v) is 7.68. The molecule has 0 amide bonds. The van der Waals surface area contributed by atoms with Gasteiger partial charge in [0.15, 0.2) is 0 Å². The third-order valence-corrected chi connectivity index (χ3v) is 2.79. The molecule has 0 radical (unpaired) electrons. The monoisotopic (exact) mass is 196 g/mol. The summed E-state index contributed by atoms with van der Waals surface area (Å²) in [6.45, 7) is 0. The van der Waals surface area contributed by atoms with Crippen molar-refractivity contribution in [3.8, 4) is 0 Å². The Balaban J connectivity index is 2.41. The lowest BCUT2D eigenvalue weighted by Gasteiger charge is -2.23. The number of rotatable bonds is 2. The van der Waals surface area contributed by atoms with E-state index >= 15 is 0 Å². The first-order chi connectivity index (χ1) is 5.20. The predicted octanol–water partition coefficient (Wildman–Crippen LogP) is 2.64. The topological polar surface area (TPSA) is 43.4 Å². The maximum absolute atomic E-state index is 10.2. The van der Waals surface area contributed by atoms with E-state index in [4.69, 9.17) is 11.6 Å². The van der Waals surface area contributed by atoms with E-state index in [1.807, 2.05) is 0 Å². The van der Waals surface area contributed by atoms with Gasteiger partial charge in [-0.1, -0.05) is 12.8 Å². The number of hydrogen-bond acceptors (Lipinski definition) is 3. The second kappa shape index (κ2) is 4.24. The van der Waals surface area contributed by atoms with Crippen molar-refractivity contribution in [1.29, 1.82) is 0 Å². The lowest BCUT2D eigenvalue weighted by atomic mass is 9.97. The Morgan fingerprint density at radius 2 is 1.91 bits per heavy atom. The van der Waals surface area contributed by atoms with E-state index in [-0.39, 0.29) is 11.5 Å². The third kappa shape index (κ3) is 2.94. The van der Waals surface area contributed by atoms with Gasteiger partial charge in [-0.05, 0) is 12.8 Å². The van der Waals surface area contributed by atoms with E-state index in [2.05, 4.69) is 4.52 Å². The minimum Gasteiger partial charge on any atom is -0.266 e. The van der Waals surface area contributed by atoms with E-state index < -0.39 is 7.91 Å². The van der Waals surface area contributed by atoms with Gasteiger partial charge in [-0.2, -0.15) is 0 Å². The van der Waals surface area contributed by atoms with Crippen LogP contribution in [0.25, 0.3) is 0 Å². The van der Waals surface area contributed by atoms with Crippen LogP contribution in [0.2, 0.25) is 0 Å². The highest BCUT2D eigenvalue weighted by atomic mass is 35.5. The van der Waals surface area contributed by atoms with Gasteiger partial charge in [0, 0.05) is 0 Å². The smallest absolute Gasteiger partial charge is 0.266 e. The molecule has 2 unspecified atom stereocenters. The van der Waals surface area contributed by atoms with Crippen LogP contribution in [-0.4, -0.2) is 11.5 Å². The lowest BCUT2D eigenvalue weighted by Crippen LogP contribution is -2.25. The molecule has 1 saturated carbocycles. The molecule has 11 heavy (non-hydrogen) atoms. The largest absolute Gasteiger partial charge is 0.468 e. The van der Waals surface area contributed by atoms with Crippen LogP contribution in [0, 0.1) is 0 Å². The van der Waals surface area contributed by atoms with Crippen molar-refractivity contribution in [1.82, 2.24) is 0 Å². The third-order valence-electron chi connectivity index (χ3n) is 1.84. The van der Waals surface area contributed by atoms with Crippen molar-refractivity contribution in [2.45, 2.75) is 37.2 Å². The van der Waals surface area contributed by atoms with Gasteiger partial charge in [0.05, 0.1) is 11.5 Å². The summed E-state index contributed by atoms with van der Waals surface area (Å²) in [5.41, 5.74) is 0. The zero-order valence-electron chi connectivity index (χ0n) is 6.03. The number of alkyl halides is 1. The van der Waals surface area contributed by atoms with Gasteiger partial charge >= 0.3 is 7.91 Å². The van der Waals surface area contributed by atoms with Crippen LogP contribution >= 0.6 is 19.5 Å². The summed E-state index contributed by atoms with van der Waals surface area (Å²) in [4.78, 5) is 0. The normalized spacial score (nSPS) is 31.7. The quantitative estimate of drug-likeness (QED) is 0.504. The Morgan fingerprint density at radius 1 is 1.27 bits per heavy atom. The summed E-state index contributed by atoms with van der Waals surface area (Å²) >= 11 is 5.83. The van der Waals surface area contributed by atoms with Crippen LogP contribution in [0.15, 0.2) is 0 Å². The van der Waals surface area contributed by atoms with Gasteiger partial charge in [0.2, 0.25) is 0 Å². The highest BCUT2D eigenvalue weighted by Crippen LogP contribution is 2.29. The van der Waals surface area contributed by atoms with Crippen molar-refractivity contribution in [2.24, 2.45) is 0 Å². The second-order valence-electron chi connectivity index (χ2n) is 2.67. The molecule has 1 aliphatic rings. The summed E-state index contributed by atoms with van der Waals surface area (Å²) in [6, 6.07) is 0. The van der Waals surface area contributed by atoms with Gasteiger partial charge in [0.1, 0.15) is 0 Å². The Kier molecular flexibility index (Phi) is 3.57. The molecule has 0 aromatic rings. The molecule has 0 saturated heterocycles. The molecule has 5 heteroatoms. The van der Waals surface area contributed by atoms with Crippen LogP contribution in [0.1, 0.15) is 25.7 Å². The molecule has 1 fully saturated rings. The highest BCUT2D eigenvalue weighted by molar-refractivity contribution is 7.24. The average molecular weight is 197 g/mol. The first kappa shape index (κ1) is 9.24. The number of hydrogen-bond donors (Lipinski definition) is 0. The van der Waals surface area contributed by atoms with Crippen molar-refractivity contribution in [3.63, 3.8) is 0 Å². The van der Waals surface area contributed by atoms with E-state index in [0.29, 0.717) is 0 Å². The molecule has 0 spiro atoms. The Labute approximate surface area is 71.0 Å². The summed E-state index contributed by atoms with van der Waals surface area (Å²) in [7, 11) is -2.73. The van der Waals surface area contributed by atoms with E-state index in [9.17, 15) is 9.13 Å². The zero-order chi connectivity index (χ0) is 8.27. The standard InChI is InChI=1S/C6H10ClO3P/c7-5-3-1-2-4-6(5)10-11(8)9/h5-6H,1-4H2. The predicted molar refractivity (Wildman–Crippen MR) is 41.3 cm³/mol. The fourth-order valence-corrected chi connectivity index (χ4v) is 2.16. The van der Waals surface area contributed by atoms with Gasteiger partial charge in [0.25, 0.3) is 0 Å². The maximum Gasteiger partial charge on any atom is 0.468 e. The molecule has 1 aliphatic carbocycles. The van der Waals surface area contributed by atoms with Gasteiger partial charge in [-0.25, -0.2) is 9.13 Å². The Bertz CT molecular complexity index is 184. The van der Waals surface area contributed by atoms with E-state index in [0.717, 1.165) is 25.7 Å². The van der Waals surface area contributed by atoms with Crippen LogP contribution in [0.5, 0.6) is 0 Å². The van der Waals surface area contributed by atoms with Gasteiger partial charge < -0.3 is 0 Å². The molecule has 0 aromatic carbocycles. The molecular weight excluding hydrogens is 186 g/mol. The molecule has 0 bridgehead atoms. The average Bonchev–Trinajstić information content (AvgIpc) is 1.93. The van der Waals surface area contributed by atoms with Crippen molar-refractivity contribution >= 4 is 19.5 Å². The molecule has 0 heterocycles. The fourth-order valence-electron chi connectivity index (χ4n) is 1.28. The minimum absolute atomic E-state index is 0.128. The second-order valence-corrected chi connectivity index (χ2v) is 3.89. The summed E-state index contributed by atoms with van der Waals surface area (Å²) < 4.78 is 25.0. The van der Waals surface area contributed by atoms with Gasteiger partial charge in [-0.3, -0.25) is 4.52 Å². The maximum atomic E-state index is 10.2. The lowest BCUT2D eigenvalue weighted by molar-refractivity contribution is 0.162. The first-order valence-electron chi connectivity index (χ1n) is 3.65. The fraction of sp³-hybridized carbons (Fsp3) is 1.00. The number of halogens is 1. The Hall–Kier alpha value is 0.150. The summed E-state index contributed by atoms with van der Waals surface area (Å²) in [5.74, 6) is 0. The highest BCUT2D eigenvalue weighted by Gasteiger charge is 2.25. The molecule has 64 valence electrons.